The summed E-state index contributed by atoms with van der Waals surface area (Å²) in [4.78, 5) is 58.8. The summed E-state index contributed by atoms with van der Waals surface area (Å²) in [6, 6.07) is -3.80. The van der Waals surface area contributed by atoms with Gasteiger partial charge in [-0.05, 0) is 32.1 Å². The van der Waals surface area contributed by atoms with E-state index in [-0.39, 0.29) is 38.8 Å². The van der Waals surface area contributed by atoms with Gasteiger partial charge in [0.1, 0.15) is 12.1 Å². The summed E-state index contributed by atoms with van der Waals surface area (Å²) in [7, 11) is 0. The third-order valence-corrected chi connectivity index (χ3v) is 4.41. The van der Waals surface area contributed by atoms with Crippen molar-refractivity contribution in [2.75, 3.05) is 13.1 Å². The van der Waals surface area contributed by atoms with Crippen molar-refractivity contribution in [3.05, 3.63) is 0 Å². The first-order valence-electron chi connectivity index (χ1n) is 8.97. The molecular formula is C16H27N5O7. The van der Waals surface area contributed by atoms with E-state index < -0.39 is 47.9 Å². The fourth-order valence-corrected chi connectivity index (χ4v) is 2.96. The number of carbonyl (C=O) groups excluding carboxylic acids is 3. The summed E-state index contributed by atoms with van der Waals surface area (Å²) in [6.45, 7) is 0.458. The number of likely N-dealkylation sites (tertiary alicyclic amines) is 1. The number of carbonyl (C=O) groups is 5. The van der Waals surface area contributed by atoms with Crippen LogP contribution in [0, 0.1) is 0 Å². The number of nitrogens with zero attached hydrogens (tertiary/aromatic N) is 1. The number of nitrogens with two attached hydrogens (primary N) is 2. The molecule has 12 nitrogen and oxygen atoms in total. The van der Waals surface area contributed by atoms with Crippen molar-refractivity contribution in [3.63, 3.8) is 0 Å². The lowest BCUT2D eigenvalue weighted by molar-refractivity contribution is -0.144. The first-order valence-corrected chi connectivity index (χ1v) is 8.97. The minimum atomic E-state index is -1.23. The monoisotopic (exact) mass is 401 g/mol. The number of carboxylic acid groups (broad SMARTS) is 2. The maximum absolute atomic E-state index is 12.5. The first-order chi connectivity index (χ1) is 13.1. The Labute approximate surface area is 161 Å². The summed E-state index contributed by atoms with van der Waals surface area (Å²) >= 11 is 0. The van der Waals surface area contributed by atoms with Gasteiger partial charge in [-0.15, -0.1) is 0 Å². The van der Waals surface area contributed by atoms with Crippen LogP contribution >= 0.6 is 0 Å². The Bertz CT molecular complexity index is 612. The lowest BCUT2D eigenvalue weighted by atomic mass is 10.1. The van der Waals surface area contributed by atoms with Crippen LogP contribution in [-0.4, -0.2) is 76.1 Å². The molecule has 0 bridgehead atoms. The highest BCUT2D eigenvalue weighted by Crippen LogP contribution is 2.19. The summed E-state index contributed by atoms with van der Waals surface area (Å²) in [5, 5.41) is 22.7. The molecule has 3 atom stereocenters. The smallest absolute Gasteiger partial charge is 0.326 e. The molecule has 158 valence electrons. The minimum absolute atomic E-state index is 0.0520. The predicted molar refractivity (Wildman–Crippen MR) is 96.0 cm³/mol. The molecule has 1 aliphatic heterocycles. The zero-order valence-corrected chi connectivity index (χ0v) is 15.4. The highest BCUT2D eigenvalue weighted by molar-refractivity contribution is 5.92. The Morgan fingerprint density at radius 1 is 1.14 bits per heavy atom. The highest BCUT2D eigenvalue weighted by atomic mass is 16.4. The van der Waals surface area contributed by atoms with Gasteiger partial charge in [0.05, 0.1) is 6.04 Å². The largest absolute Gasteiger partial charge is 0.481 e. The van der Waals surface area contributed by atoms with E-state index in [2.05, 4.69) is 10.6 Å². The molecular weight excluding hydrogens is 374 g/mol. The van der Waals surface area contributed by atoms with Crippen LogP contribution in [-0.2, 0) is 19.2 Å². The number of aliphatic carboxylic acids is 2. The molecule has 0 aromatic carbocycles. The lowest BCUT2D eigenvalue weighted by Gasteiger charge is -2.27. The number of hydrogen-bond donors (Lipinski definition) is 6. The number of rotatable bonds is 11. The van der Waals surface area contributed by atoms with Crippen molar-refractivity contribution in [2.24, 2.45) is 11.5 Å². The second-order valence-electron chi connectivity index (χ2n) is 6.56. The number of urea groups is 1. The maximum atomic E-state index is 12.5. The lowest BCUT2D eigenvalue weighted by Crippen LogP contribution is -2.54. The second-order valence-corrected chi connectivity index (χ2v) is 6.56. The van der Waals surface area contributed by atoms with E-state index >= 15 is 0 Å². The molecule has 4 amide bonds. The summed E-state index contributed by atoms with van der Waals surface area (Å²) in [5.41, 5.74) is 10.7. The molecule has 1 saturated heterocycles. The minimum Gasteiger partial charge on any atom is -0.481 e. The van der Waals surface area contributed by atoms with Crippen molar-refractivity contribution >= 4 is 29.8 Å². The van der Waals surface area contributed by atoms with Crippen LogP contribution in [0.15, 0.2) is 0 Å². The summed E-state index contributed by atoms with van der Waals surface area (Å²) in [6.07, 6.45) is 0.948. The quantitative estimate of drug-likeness (QED) is 0.217. The predicted octanol–water partition coefficient (Wildman–Crippen LogP) is -1.81. The van der Waals surface area contributed by atoms with E-state index in [4.69, 9.17) is 16.6 Å². The van der Waals surface area contributed by atoms with Gasteiger partial charge in [-0.3, -0.25) is 14.4 Å². The Kier molecular flexibility index (Phi) is 9.15. The van der Waals surface area contributed by atoms with Gasteiger partial charge in [0.25, 0.3) is 0 Å². The standard InChI is InChI=1S/C16H27N5O7/c17-9(5-6-12(22)23)14(25)21-8-2-4-11(21)13(24)20-10(15(26)27)3-1-7-19-16(18)28/h9-11H,1-8,17H2,(H,20,24)(H,22,23)(H,26,27)(H3,18,19,28)/t9-,10-,11-/m0/s1. The van der Waals surface area contributed by atoms with E-state index in [9.17, 15) is 29.1 Å². The molecule has 0 saturated carbocycles. The molecule has 12 heteroatoms. The third kappa shape index (κ3) is 7.39. The average molecular weight is 401 g/mol. The average Bonchev–Trinajstić information content (AvgIpc) is 3.10. The Hall–Kier alpha value is -2.89. The second kappa shape index (κ2) is 11.1. The van der Waals surface area contributed by atoms with Gasteiger partial charge in [0.15, 0.2) is 0 Å². The molecule has 0 aromatic heterocycles. The third-order valence-electron chi connectivity index (χ3n) is 4.41. The number of amides is 4. The molecule has 1 rings (SSSR count). The van der Waals surface area contributed by atoms with Gasteiger partial charge >= 0.3 is 18.0 Å². The van der Waals surface area contributed by atoms with E-state index in [0.29, 0.717) is 12.8 Å². The van der Waals surface area contributed by atoms with Crippen LogP contribution in [0.25, 0.3) is 0 Å². The Morgan fingerprint density at radius 2 is 1.82 bits per heavy atom. The molecule has 28 heavy (non-hydrogen) atoms. The Morgan fingerprint density at radius 3 is 2.39 bits per heavy atom. The molecule has 0 aliphatic carbocycles. The van der Waals surface area contributed by atoms with Crippen molar-refractivity contribution < 1.29 is 34.2 Å². The number of hydrogen-bond acceptors (Lipinski definition) is 6. The van der Waals surface area contributed by atoms with Crippen molar-refractivity contribution in [1.82, 2.24) is 15.5 Å². The van der Waals surface area contributed by atoms with Gasteiger partial charge < -0.3 is 37.2 Å². The maximum Gasteiger partial charge on any atom is 0.326 e. The SMILES string of the molecule is NC(=O)NCCC[C@H](NC(=O)[C@@H]1CCCN1C(=O)[C@@H](N)CCC(=O)O)C(=O)O. The van der Waals surface area contributed by atoms with E-state index in [1.54, 1.807) is 0 Å². The topological polar surface area (TPSA) is 205 Å². The summed E-state index contributed by atoms with van der Waals surface area (Å²) in [5.74, 6) is -3.45. The molecule has 0 spiro atoms. The van der Waals surface area contributed by atoms with Crippen LogP contribution in [0.2, 0.25) is 0 Å². The fraction of sp³-hybridized carbons (Fsp3) is 0.688. The van der Waals surface area contributed by atoms with Crippen LogP contribution in [0.4, 0.5) is 4.79 Å². The normalized spacial score (nSPS) is 18.2. The van der Waals surface area contributed by atoms with Gasteiger partial charge in [-0.25, -0.2) is 9.59 Å². The van der Waals surface area contributed by atoms with Crippen molar-refractivity contribution in [1.29, 1.82) is 0 Å². The van der Waals surface area contributed by atoms with E-state index in [1.807, 2.05) is 0 Å². The molecule has 1 heterocycles. The Balaban J connectivity index is 2.63. The van der Waals surface area contributed by atoms with Gasteiger partial charge in [0.2, 0.25) is 11.8 Å². The summed E-state index contributed by atoms with van der Waals surface area (Å²) < 4.78 is 0. The zero-order valence-electron chi connectivity index (χ0n) is 15.4. The first kappa shape index (κ1) is 23.1. The molecule has 8 N–H and O–H groups in total. The van der Waals surface area contributed by atoms with Gasteiger partial charge in [-0.2, -0.15) is 0 Å². The van der Waals surface area contributed by atoms with Crippen molar-refractivity contribution in [2.45, 2.75) is 56.7 Å². The van der Waals surface area contributed by atoms with Crippen LogP contribution in [0.5, 0.6) is 0 Å². The zero-order chi connectivity index (χ0) is 21.3. The molecule has 1 fully saturated rings. The molecule has 0 aromatic rings. The van der Waals surface area contributed by atoms with Gasteiger partial charge in [-0.1, -0.05) is 0 Å². The van der Waals surface area contributed by atoms with Crippen LogP contribution in [0.1, 0.15) is 38.5 Å². The molecule has 1 aliphatic rings. The highest BCUT2D eigenvalue weighted by Gasteiger charge is 2.37. The van der Waals surface area contributed by atoms with Crippen molar-refractivity contribution in [3.8, 4) is 0 Å². The number of nitrogens with one attached hydrogen (secondary N) is 2. The van der Waals surface area contributed by atoms with Crippen LogP contribution < -0.4 is 22.1 Å². The van der Waals surface area contributed by atoms with E-state index in [1.165, 1.54) is 4.90 Å². The van der Waals surface area contributed by atoms with E-state index in [0.717, 1.165) is 0 Å². The van der Waals surface area contributed by atoms with Gasteiger partial charge in [0, 0.05) is 19.5 Å². The van der Waals surface area contributed by atoms with Crippen LogP contribution in [0.3, 0.4) is 0 Å². The molecule has 0 unspecified atom stereocenters. The fourth-order valence-electron chi connectivity index (χ4n) is 2.96. The molecule has 0 radical (unpaired) electrons. The number of primary amides is 1. The number of carboxylic acids is 2.